The quantitative estimate of drug-likeness (QED) is 0.452. The minimum Gasteiger partial charge on any atom is -0.269 e. The summed E-state index contributed by atoms with van der Waals surface area (Å²) in [5.74, 6) is 0.814. The van der Waals surface area contributed by atoms with Crippen LogP contribution in [0.3, 0.4) is 0 Å². The Morgan fingerprint density at radius 2 is 0.917 bits per heavy atom. The third-order valence-corrected chi connectivity index (χ3v) is 26.6. The maximum Gasteiger partial charge on any atom is -0.269 e. The Bertz CT molecular complexity index is 586. The van der Waals surface area contributed by atoms with Gasteiger partial charge in [0.1, 0.15) is 0 Å². The van der Waals surface area contributed by atoms with E-state index in [-0.39, 0.29) is 9.41 Å². The van der Waals surface area contributed by atoms with E-state index in [1.807, 2.05) is 6.56 Å². The van der Waals surface area contributed by atoms with E-state index in [0.29, 0.717) is 0 Å². The van der Waals surface area contributed by atoms with E-state index < -0.39 is 26.8 Å². The van der Waals surface area contributed by atoms with Gasteiger partial charge in [-0.05, 0) is 0 Å². The molecular weight excluding hydrogens is 398 g/mol. The molecule has 0 radical (unpaired) electrons. The van der Waals surface area contributed by atoms with Gasteiger partial charge in [0.05, 0.1) is 0 Å². The number of allylic oxidation sites excluding steroid dienone is 8. The molecule has 0 aromatic heterocycles. The molecule has 0 spiro atoms. The molecule has 0 fully saturated rings. The van der Waals surface area contributed by atoms with Gasteiger partial charge < -0.3 is 0 Å². The van der Waals surface area contributed by atoms with E-state index in [1.165, 1.54) is 0 Å². The van der Waals surface area contributed by atoms with E-state index in [0.717, 1.165) is 11.8 Å². The fourth-order valence-electron chi connectivity index (χ4n) is 4.37. The minimum absolute atomic E-state index is 0. The van der Waals surface area contributed by atoms with Crippen molar-refractivity contribution >= 4 is 5.92 Å². The van der Waals surface area contributed by atoms with Crippen LogP contribution in [0.1, 0.15) is 55.4 Å². The average Bonchev–Trinajstić information content (AvgIpc) is 2.76. The van der Waals surface area contributed by atoms with E-state index in [2.05, 4.69) is 68.5 Å². The predicted octanol–water partition coefficient (Wildman–Crippen LogP) is 6.41. The Labute approximate surface area is 156 Å². The second kappa shape index (κ2) is 8.54. The first-order valence-corrected chi connectivity index (χ1v) is 18.4. The van der Waals surface area contributed by atoms with Gasteiger partial charge in [0.15, 0.2) is 0 Å². The molecule has 2 unspecified atom stereocenters. The molecule has 2 aliphatic rings. The number of halogens is 2. The maximum atomic E-state index is 2.63. The zero-order valence-corrected chi connectivity index (χ0v) is 20.7. The normalized spacial score (nSPS) is 24.1. The van der Waals surface area contributed by atoms with Crippen LogP contribution in [0.5, 0.6) is 0 Å². The fraction of sp³-hybridized carbons (Fsp3) is 0.600. The van der Waals surface area contributed by atoms with Crippen molar-refractivity contribution in [3.63, 3.8) is 0 Å². The van der Waals surface area contributed by atoms with Crippen LogP contribution in [0, 0.1) is 11.8 Å². The third kappa shape index (κ3) is 3.56. The first kappa shape index (κ1) is 23.9. The number of hydrogen-bond donors (Lipinski definition) is 0. The molecule has 0 nitrogen and oxygen atoms in total. The summed E-state index contributed by atoms with van der Waals surface area (Å²) in [6.45, 7) is 24.5. The van der Waals surface area contributed by atoms with Crippen molar-refractivity contribution in [2.24, 2.45) is 11.8 Å². The van der Waals surface area contributed by atoms with Crippen molar-refractivity contribution in [2.75, 3.05) is 0 Å². The van der Waals surface area contributed by atoms with Crippen LogP contribution in [0.4, 0.5) is 9.41 Å². The van der Waals surface area contributed by atoms with Gasteiger partial charge >= 0.3 is 147 Å². The summed E-state index contributed by atoms with van der Waals surface area (Å²) < 4.78 is 3.89. The average molecular weight is 433 g/mol. The zero-order valence-electron chi connectivity index (χ0n) is 17.0. The molecule has 2 aliphatic carbocycles. The minimum atomic E-state index is -1.69. The first-order chi connectivity index (χ1) is 10.1. The largest absolute Gasteiger partial charge is 0.269 e. The van der Waals surface area contributed by atoms with Crippen LogP contribution < -0.4 is 0 Å². The molecule has 2 atom stereocenters. The van der Waals surface area contributed by atoms with E-state index in [4.69, 9.17) is 0 Å². The topological polar surface area (TPSA) is 0 Å². The fourth-order valence-corrected chi connectivity index (χ4v) is 27.3. The van der Waals surface area contributed by atoms with Crippen LogP contribution in [0.25, 0.3) is 0 Å². The van der Waals surface area contributed by atoms with Crippen molar-refractivity contribution in [2.45, 2.75) is 68.5 Å². The smallest absolute Gasteiger partial charge is 0.269 e. The van der Waals surface area contributed by atoms with Crippen molar-refractivity contribution in [1.29, 1.82) is 0 Å². The molecule has 0 amide bonds. The molecule has 0 heterocycles. The summed E-state index contributed by atoms with van der Waals surface area (Å²) in [7, 11) is 0. The second-order valence-electron chi connectivity index (χ2n) is 7.71. The number of rotatable bonds is 3. The SMILES string of the molecule is CC1=C(C)C(C)[C]([Zr]([C]2=C(C)C(C)=C(C)C2C)[SiH](C)C)=C1C.F.F. The first-order valence-electron chi connectivity index (χ1n) is 8.75. The summed E-state index contributed by atoms with van der Waals surface area (Å²) in [6, 6.07) is 0. The van der Waals surface area contributed by atoms with Crippen LogP contribution >= 0.6 is 0 Å². The van der Waals surface area contributed by atoms with Crippen LogP contribution in [0.2, 0.25) is 13.1 Å². The van der Waals surface area contributed by atoms with Crippen LogP contribution in [-0.2, 0) is 20.9 Å². The van der Waals surface area contributed by atoms with Gasteiger partial charge in [-0.2, -0.15) is 0 Å². The molecular formula is C20H35F2SiZr. The number of hydrogen-bond acceptors (Lipinski definition) is 0. The molecule has 4 heteroatoms. The molecule has 0 saturated carbocycles. The molecule has 0 aliphatic heterocycles. The summed E-state index contributed by atoms with van der Waals surface area (Å²) in [5.41, 5.74) is 9.84. The Balaban J connectivity index is 0.00000264. The van der Waals surface area contributed by atoms with Gasteiger partial charge in [-0.3, -0.25) is 9.41 Å². The molecule has 0 bridgehead atoms. The van der Waals surface area contributed by atoms with Gasteiger partial charge in [-0.1, -0.05) is 0 Å². The van der Waals surface area contributed by atoms with E-state index >= 15 is 0 Å². The molecule has 0 N–H and O–H groups in total. The van der Waals surface area contributed by atoms with Gasteiger partial charge in [-0.25, -0.2) is 0 Å². The molecule has 0 aromatic carbocycles. The second-order valence-corrected chi connectivity index (χ2v) is 26.6. The van der Waals surface area contributed by atoms with Gasteiger partial charge in [0.2, 0.25) is 0 Å². The Morgan fingerprint density at radius 3 is 1.08 bits per heavy atom. The molecule has 0 saturated heterocycles. The Hall–Kier alpha value is -0.0800. The van der Waals surface area contributed by atoms with Crippen LogP contribution in [0.15, 0.2) is 40.0 Å². The zero-order chi connectivity index (χ0) is 16.9. The van der Waals surface area contributed by atoms with Crippen molar-refractivity contribution in [1.82, 2.24) is 0 Å². The summed E-state index contributed by atoms with van der Waals surface area (Å²) in [5, 5.41) is 0. The van der Waals surface area contributed by atoms with E-state index in [9.17, 15) is 0 Å². The molecule has 24 heavy (non-hydrogen) atoms. The Morgan fingerprint density at radius 1 is 0.625 bits per heavy atom. The summed E-state index contributed by atoms with van der Waals surface area (Å²) in [4.78, 5) is 0. The third-order valence-electron chi connectivity index (χ3n) is 6.44. The predicted molar refractivity (Wildman–Crippen MR) is 104 cm³/mol. The Kier molecular flexibility index (Phi) is 8.51. The molecule has 137 valence electrons. The summed E-state index contributed by atoms with van der Waals surface area (Å²) >= 11 is -1.69. The van der Waals surface area contributed by atoms with E-state index in [1.54, 1.807) is 33.4 Å². The molecule has 2 rings (SSSR count). The van der Waals surface area contributed by atoms with Gasteiger partial charge in [0, 0.05) is 0 Å². The van der Waals surface area contributed by atoms with Crippen molar-refractivity contribution < 1.29 is 30.3 Å². The van der Waals surface area contributed by atoms with Gasteiger partial charge in [-0.15, -0.1) is 0 Å². The maximum absolute atomic E-state index is 2.63. The standard InChI is InChI=1S/2C9H13.C2H7Si.2FH.Zr/c2*1-6-5-7(2)9(4)8(6)3;1-3-2;;;/h2*6H,1-4H3;3H,1-2H3;2*1H;. The van der Waals surface area contributed by atoms with Crippen molar-refractivity contribution in [3.05, 3.63) is 40.0 Å². The summed E-state index contributed by atoms with van der Waals surface area (Å²) in [6.07, 6.45) is 0. The molecule has 0 aromatic rings. The van der Waals surface area contributed by atoms with Gasteiger partial charge in [0.25, 0.3) is 0 Å². The van der Waals surface area contributed by atoms with Crippen molar-refractivity contribution in [3.8, 4) is 0 Å². The van der Waals surface area contributed by atoms with Crippen LogP contribution in [-0.4, -0.2) is 5.92 Å². The monoisotopic (exact) mass is 431 g/mol.